The van der Waals surface area contributed by atoms with Gasteiger partial charge >= 0.3 is 5.97 Å². The summed E-state index contributed by atoms with van der Waals surface area (Å²) < 4.78 is 15.8. The Morgan fingerprint density at radius 1 is 1.26 bits per heavy atom. The molecule has 1 aromatic rings. The lowest BCUT2D eigenvalue weighted by molar-refractivity contribution is -0.144. The van der Waals surface area contributed by atoms with Crippen LogP contribution in [0.25, 0.3) is 0 Å². The second kappa shape index (κ2) is 7.35. The second-order valence-corrected chi connectivity index (χ2v) is 5.48. The maximum Gasteiger partial charge on any atom is 0.308 e. The van der Waals surface area contributed by atoms with Gasteiger partial charge in [-0.3, -0.25) is 9.59 Å². The van der Waals surface area contributed by atoms with Crippen LogP contribution in [0.2, 0.25) is 0 Å². The van der Waals surface area contributed by atoms with E-state index in [2.05, 4.69) is 0 Å². The second-order valence-electron chi connectivity index (χ2n) is 5.48. The minimum absolute atomic E-state index is 0.133. The third-order valence-electron chi connectivity index (χ3n) is 4.06. The van der Waals surface area contributed by atoms with E-state index >= 15 is 0 Å². The van der Waals surface area contributed by atoms with Crippen LogP contribution in [0.5, 0.6) is 11.5 Å². The average molecular weight is 321 g/mol. The minimum Gasteiger partial charge on any atom is -0.493 e. The maximum atomic E-state index is 12.5. The molecule has 0 aliphatic carbocycles. The van der Waals surface area contributed by atoms with Gasteiger partial charge in [0.05, 0.1) is 38.9 Å². The molecule has 1 aromatic carbocycles. The van der Waals surface area contributed by atoms with E-state index in [1.165, 1.54) is 14.2 Å². The number of unbranched alkanes of at least 4 members (excludes halogenated alkanes) is 1. The van der Waals surface area contributed by atoms with Gasteiger partial charge in [-0.25, -0.2) is 0 Å². The Hall–Kier alpha value is -2.24. The monoisotopic (exact) mass is 321 g/mol. The molecule has 1 aliphatic rings. The molecular formula is C17H23NO5. The first-order valence-corrected chi connectivity index (χ1v) is 7.72. The van der Waals surface area contributed by atoms with Crippen molar-refractivity contribution in [2.75, 3.05) is 27.9 Å². The van der Waals surface area contributed by atoms with E-state index < -0.39 is 0 Å². The quantitative estimate of drug-likeness (QED) is 0.570. The van der Waals surface area contributed by atoms with Crippen LogP contribution >= 0.6 is 0 Å². The number of rotatable bonds is 7. The van der Waals surface area contributed by atoms with Crippen molar-refractivity contribution in [1.82, 2.24) is 4.90 Å². The molecule has 2 rings (SSSR count). The highest BCUT2D eigenvalue weighted by Crippen LogP contribution is 2.43. The average Bonchev–Trinajstić information content (AvgIpc) is 2.79. The largest absolute Gasteiger partial charge is 0.493 e. The highest BCUT2D eigenvalue weighted by molar-refractivity contribution is 6.03. The number of carbonyl (C=O) groups is 2. The van der Waals surface area contributed by atoms with Gasteiger partial charge in [-0.05, 0) is 18.1 Å². The first kappa shape index (κ1) is 17.1. The molecule has 0 fully saturated rings. The number of fused-ring (bicyclic) bond motifs is 1. The smallest absolute Gasteiger partial charge is 0.308 e. The van der Waals surface area contributed by atoms with Gasteiger partial charge in [0.15, 0.2) is 11.5 Å². The molecule has 0 spiro atoms. The summed E-state index contributed by atoms with van der Waals surface area (Å²) in [6.07, 6.45) is 1.94. The number of hydrogen-bond acceptors (Lipinski definition) is 5. The van der Waals surface area contributed by atoms with Crippen molar-refractivity contribution < 1.29 is 23.8 Å². The van der Waals surface area contributed by atoms with Crippen molar-refractivity contribution in [1.29, 1.82) is 0 Å². The number of benzene rings is 1. The van der Waals surface area contributed by atoms with Gasteiger partial charge in [-0.1, -0.05) is 19.4 Å². The van der Waals surface area contributed by atoms with E-state index in [1.54, 1.807) is 18.0 Å². The molecule has 0 aromatic heterocycles. The van der Waals surface area contributed by atoms with E-state index in [4.69, 9.17) is 14.2 Å². The first-order valence-electron chi connectivity index (χ1n) is 7.72. The SMILES string of the molecule is CCCCOC(=O)CC1c2ccc(OC)c(OC)c2C(=O)N1C. The van der Waals surface area contributed by atoms with Crippen molar-refractivity contribution in [3.63, 3.8) is 0 Å². The molecule has 23 heavy (non-hydrogen) atoms. The number of amides is 1. The van der Waals surface area contributed by atoms with E-state index in [1.807, 2.05) is 13.0 Å². The molecule has 6 nitrogen and oxygen atoms in total. The lowest BCUT2D eigenvalue weighted by atomic mass is 10.0. The Morgan fingerprint density at radius 3 is 2.61 bits per heavy atom. The van der Waals surface area contributed by atoms with Crippen LogP contribution in [0.15, 0.2) is 12.1 Å². The van der Waals surface area contributed by atoms with E-state index in [9.17, 15) is 9.59 Å². The zero-order valence-corrected chi connectivity index (χ0v) is 14.0. The number of hydrogen-bond donors (Lipinski definition) is 0. The van der Waals surface area contributed by atoms with Crippen LogP contribution in [0.4, 0.5) is 0 Å². The number of carbonyl (C=O) groups excluding carboxylic acids is 2. The van der Waals surface area contributed by atoms with Crippen LogP contribution in [-0.2, 0) is 9.53 Å². The number of methoxy groups -OCH3 is 2. The zero-order chi connectivity index (χ0) is 17.0. The van der Waals surface area contributed by atoms with Gasteiger partial charge in [0.25, 0.3) is 5.91 Å². The molecule has 1 aliphatic heterocycles. The van der Waals surface area contributed by atoms with Crippen LogP contribution < -0.4 is 9.47 Å². The van der Waals surface area contributed by atoms with Crippen molar-refractivity contribution in [3.05, 3.63) is 23.3 Å². The highest BCUT2D eigenvalue weighted by Gasteiger charge is 2.39. The third-order valence-corrected chi connectivity index (χ3v) is 4.06. The molecule has 1 unspecified atom stereocenters. The summed E-state index contributed by atoms with van der Waals surface area (Å²) in [7, 11) is 4.70. The van der Waals surface area contributed by atoms with Gasteiger partial charge in [0, 0.05) is 7.05 Å². The normalized spacial score (nSPS) is 16.3. The molecule has 0 saturated heterocycles. The summed E-state index contributed by atoms with van der Waals surface area (Å²) in [4.78, 5) is 26.1. The van der Waals surface area contributed by atoms with Crippen molar-refractivity contribution in [3.8, 4) is 11.5 Å². The standard InChI is InChI=1S/C17H23NO5/c1-5-6-9-23-14(19)10-12-11-7-8-13(21-3)16(22-4)15(11)17(20)18(12)2/h7-8,12H,5-6,9-10H2,1-4H3. The lowest BCUT2D eigenvalue weighted by Gasteiger charge is -2.19. The Balaban J connectivity index is 2.25. The fourth-order valence-electron chi connectivity index (χ4n) is 2.76. The topological polar surface area (TPSA) is 65.1 Å². The molecule has 0 N–H and O–H groups in total. The Kier molecular flexibility index (Phi) is 5.47. The minimum atomic E-state index is -0.341. The Labute approximate surface area is 136 Å². The summed E-state index contributed by atoms with van der Waals surface area (Å²) in [5.41, 5.74) is 1.23. The Morgan fingerprint density at radius 2 is 2.00 bits per heavy atom. The van der Waals surface area contributed by atoms with E-state index in [0.29, 0.717) is 23.7 Å². The molecule has 126 valence electrons. The number of ether oxygens (including phenoxy) is 3. The predicted octanol–water partition coefficient (Wildman–Crippen LogP) is 2.56. The summed E-state index contributed by atoms with van der Waals surface area (Å²) in [5, 5.41) is 0. The lowest BCUT2D eigenvalue weighted by Crippen LogP contribution is -2.25. The molecule has 0 bridgehead atoms. The highest BCUT2D eigenvalue weighted by atomic mass is 16.5. The van der Waals surface area contributed by atoms with Gasteiger partial charge in [-0.15, -0.1) is 0 Å². The number of esters is 1. The van der Waals surface area contributed by atoms with Crippen LogP contribution in [0.1, 0.15) is 48.1 Å². The van der Waals surface area contributed by atoms with E-state index in [-0.39, 0.29) is 24.3 Å². The van der Waals surface area contributed by atoms with Crippen molar-refractivity contribution in [2.24, 2.45) is 0 Å². The van der Waals surface area contributed by atoms with Gasteiger partial charge in [-0.2, -0.15) is 0 Å². The van der Waals surface area contributed by atoms with Crippen LogP contribution in [-0.4, -0.2) is 44.7 Å². The molecule has 0 radical (unpaired) electrons. The summed E-state index contributed by atoms with van der Waals surface area (Å²) >= 11 is 0. The molecule has 1 atom stereocenters. The Bertz CT molecular complexity index is 599. The summed E-state index contributed by atoms with van der Waals surface area (Å²) in [6.45, 7) is 2.45. The predicted molar refractivity (Wildman–Crippen MR) is 84.9 cm³/mol. The molecular weight excluding hydrogens is 298 g/mol. The molecule has 1 heterocycles. The summed E-state index contributed by atoms with van der Waals surface area (Å²) in [6, 6.07) is 3.22. The van der Waals surface area contributed by atoms with Crippen molar-refractivity contribution >= 4 is 11.9 Å². The first-order chi connectivity index (χ1) is 11.0. The van der Waals surface area contributed by atoms with Crippen molar-refractivity contribution in [2.45, 2.75) is 32.2 Å². The molecule has 1 amide bonds. The molecule has 0 saturated carbocycles. The fraction of sp³-hybridized carbons (Fsp3) is 0.529. The summed E-state index contributed by atoms with van der Waals surface area (Å²) in [5.74, 6) is 0.427. The van der Waals surface area contributed by atoms with Gasteiger partial charge in [0.1, 0.15) is 0 Å². The third kappa shape index (κ3) is 3.25. The zero-order valence-electron chi connectivity index (χ0n) is 14.0. The number of nitrogens with zero attached hydrogens (tertiary/aromatic N) is 1. The maximum absolute atomic E-state index is 12.5. The van der Waals surface area contributed by atoms with Gasteiger partial charge in [0.2, 0.25) is 0 Å². The van der Waals surface area contributed by atoms with E-state index in [0.717, 1.165) is 18.4 Å². The molecule has 6 heteroatoms. The van der Waals surface area contributed by atoms with Crippen LogP contribution in [0, 0.1) is 0 Å². The van der Waals surface area contributed by atoms with Gasteiger partial charge < -0.3 is 19.1 Å². The van der Waals surface area contributed by atoms with Crippen LogP contribution in [0.3, 0.4) is 0 Å². The fourth-order valence-corrected chi connectivity index (χ4v) is 2.76.